The van der Waals surface area contributed by atoms with Crippen LogP contribution in [-0.2, 0) is 22.4 Å². The number of carboxylic acid groups (broad SMARTS) is 1. The van der Waals surface area contributed by atoms with Crippen molar-refractivity contribution in [1.82, 2.24) is 0 Å². The Bertz CT molecular complexity index is 619. The Morgan fingerprint density at radius 2 is 1.65 bits per heavy atom. The SMILES string of the molecule is COC(Cc1ccc(OCCc2ccc(O)cc2)cc1)C(=O)O. The van der Waals surface area contributed by atoms with Gasteiger partial charge in [-0.2, -0.15) is 0 Å². The van der Waals surface area contributed by atoms with E-state index in [1.54, 1.807) is 12.1 Å². The maximum atomic E-state index is 10.9. The van der Waals surface area contributed by atoms with Crippen LogP contribution in [0.3, 0.4) is 0 Å². The second-order valence-corrected chi connectivity index (χ2v) is 5.18. The number of aromatic hydroxyl groups is 1. The van der Waals surface area contributed by atoms with E-state index in [0.29, 0.717) is 13.0 Å². The summed E-state index contributed by atoms with van der Waals surface area (Å²) in [6.45, 7) is 0.528. The van der Waals surface area contributed by atoms with Gasteiger partial charge >= 0.3 is 5.97 Å². The molecule has 0 spiro atoms. The van der Waals surface area contributed by atoms with Gasteiger partial charge in [0.05, 0.1) is 6.61 Å². The standard InChI is InChI=1S/C18H20O5/c1-22-17(18(20)21)12-14-4-8-16(9-5-14)23-11-10-13-2-6-15(19)7-3-13/h2-9,17,19H,10-12H2,1H3,(H,20,21). The van der Waals surface area contributed by atoms with E-state index in [4.69, 9.17) is 14.6 Å². The minimum atomic E-state index is -0.971. The summed E-state index contributed by atoms with van der Waals surface area (Å²) in [5, 5.41) is 18.2. The van der Waals surface area contributed by atoms with E-state index >= 15 is 0 Å². The molecule has 2 aromatic carbocycles. The lowest BCUT2D eigenvalue weighted by molar-refractivity contribution is -0.148. The minimum Gasteiger partial charge on any atom is -0.508 e. The highest BCUT2D eigenvalue weighted by Crippen LogP contribution is 2.15. The van der Waals surface area contributed by atoms with Crippen LogP contribution in [0.25, 0.3) is 0 Å². The molecule has 2 N–H and O–H groups in total. The van der Waals surface area contributed by atoms with Crippen molar-refractivity contribution in [3.8, 4) is 11.5 Å². The number of hydrogen-bond acceptors (Lipinski definition) is 4. The normalized spacial score (nSPS) is 11.9. The quantitative estimate of drug-likeness (QED) is 0.783. The van der Waals surface area contributed by atoms with Gasteiger partial charge in [0.1, 0.15) is 11.5 Å². The van der Waals surface area contributed by atoms with Crippen molar-refractivity contribution in [1.29, 1.82) is 0 Å². The van der Waals surface area contributed by atoms with E-state index in [9.17, 15) is 9.90 Å². The van der Waals surface area contributed by atoms with Crippen LogP contribution >= 0.6 is 0 Å². The number of benzene rings is 2. The van der Waals surface area contributed by atoms with Crippen molar-refractivity contribution >= 4 is 5.97 Å². The van der Waals surface area contributed by atoms with Crippen LogP contribution < -0.4 is 4.74 Å². The second-order valence-electron chi connectivity index (χ2n) is 5.18. The van der Waals surface area contributed by atoms with Crippen molar-refractivity contribution in [3.05, 3.63) is 59.7 Å². The van der Waals surface area contributed by atoms with Gasteiger partial charge < -0.3 is 19.7 Å². The number of phenolic OH excluding ortho intramolecular Hbond substituents is 1. The molecule has 0 saturated heterocycles. The predicted octanol–water partition coefficient (Wildman–Crippen LogP) is 2.66. The summed E-state index contributed by atoms with van der Waals surface area (Å²) >= 11 is 0. The maximum Gasteiger partial charge on any atom is 0.333 e. The number of methoxy groups -OCH3 is 1. The Kier molecular flexibility index (Phi) is 6.00. The van der Waals surface area contributed by atoms with Gasteiger partial charge in [-0.1, -0.05) is 24.3 Å². The smallest absolute Gasteiger partial charge is 0.333 e. The molecule has 1 unspecified atom stereocenters. The third-order valence-corrected chi connectivity index (χ3v) is 3.50. The Labute approximate surface area is 135 Å². The molecule has 2 aromatic rings. The van der Waals surface area contributed by atoms with Gasteiger partial charge in [-0.3, -0.25) is 0 Å². The number of hydrogen-bond donors (Lipinski definition) is 2. The lowest BCUT2D eigenvalue weighted by atomic mass is 10.1. The number of phenols is 1. The third kappa shape index (κ3) is 5.30. The van der Waals surface area contributed by atoms with Gasteiger partial charge in [-0.15, -0.1) is 0 Å². The molecule has 0 aromatic heterocycles. The molecule has 0 radical (unpaired) electrons. The summed E-state index contributed by atoms with van der Waals surface area (Å²) in [6, 6.07) is 14.3. The number of ether oxygens (including phenoxy) is 2. The van der Waals surface area contributed by atoms with Crippen LogP contribution in [-0.4, -0.2) is 36.0 Å². The minimum absolute atomic E-state index is 0.251. The molecule has 1 atom stereocenters. The van der Waals surface area contributed by atoms with E-state index in [1.165, 1.54) is 7.11 Å². The van der Waals surface area contributed by atoms with E-state index in [0.717, 1.165) is 23.3 Å². The molecule has 0 fully saturated rings. The number of carbonyl (C=O) groups is 1. The molecule has 0 aliphatic rings. The van der Waals surface area contributed by atoms with E-state index in [-0.39, 0.29) is 5.75 Å². The van der Waals surface area contributed by atoms with Crippen molar-refractivity contribution in [3.63, 3.8) is 0 Å². The first-order valence-corrected chi connectivity index (χ1v) is 7.33. The molecule has 5 heteroatoms. The van der Waals surface area contributed by atoms with E-state index < -0.39 is 12.1 Å². The fraction of sp³-hybridized carbons (Fsp3) is 0.278. The first kappa shape index (κ1) is 16.8. The highest BCUT2D eigenvalue weighted by molar-refractivity contribution is 5.72. The average Bonchev–Trinajstić information content (AvgIpc) is 2.55. The Hall–Kier alpha value is -2.53. The molecule has 0 saturated carbocycles. The molecule has 5 nitrogen and oxygen atoms in total. The number of aliphatic carboxylic acids is 1. The van der Waals surface area contributed by atoms with Crippen LogP contribution in [0.5, 0.6) is 11.5 Å². The Balaban J connectivity index is 1.82. The van der Waals surface area contributed by atoms with Crippen LogP contribution in [0.4, 0.5) is 0 Å². The molecule has 0 bridgehead atoms. The second kappa shape index (κ2) is 8.19. The summed E-state index contributed by atoms with van der Waals surface area (Å²) in [5.74, 6) is 0.0134. The summed E-state index contributed by atoms with van der Waals surface area (Å²) < 4.78 is 10.6. The molecule has 0 heterocycles. The monoisotopic (exact) mass is 316 g/mol. The van der Waals surface area contributed by atoms with Gasteiger partial charge in [0, 0.05) is 20.0 Å². The van der Waals surface area contributed by atoms with Crippen molar-refractivity contribution in [2.24, 2.45) is 0 Å². The Morgan fingerprint density at radius 1 is 1.04 bits per heavy atom. The van der Waals surface area contributed by atoms with E-state index in [2.05, 4.69) is 0 Å². The Morgan fingerprint density at radius 3 is 2.22 bits per heavy atom. The summed E-state index contributed by atoms with van der Waals surface area (Å²) in [4.78, 5) is 10.9. The van der Waals surface area contributed by atoms with Gasteiger partial charge in [0.2, 0.25) is 0 Å². The number of carboxylic acids is 1. The zero-order valence-electron chi connectivity index (χ0n) is 12.9. The average molecular weight is 316 g/mol. The molecule has 0 amide bonds. The molecular formula is C18H20O5. The zero-order chi connectivity index (χ0) is 16.7. The third-order valence-electron chi connectivity index (χ3n) is 3.50. The largest absolute Gasteiger partial charge is 0.508 e. The van der Waals surface area contributed by atoms with Gasteiger partial charge in [0.15, 0.2) is 6.10 Å². The van der Waals surface area contributed by atoms with Crippen LogP contribution in [0.15, 0.2) is 48.5 Å². The molecular weight excluding hydrogens is 296 g/mol. The highest BCUT2D eigenvalue weighted by atomic mass is 16.5. The first-order chi connectivity index (χ1) is 11.1. The topological polar surface area (TPSA) is 76.0 Å². The zero-order valence-corrected chi connectivity index (χ0v) is 12.9. The summed E-state index contributed by atoms with van der Waals surface area (Å²) in [6.07, 6.45) is 0.225. The van der Waals surface area contributed by atoms with Crippen molar-refractivity contribution in [2.75, 3.05) is 13.7 Å². The fourth-order valence-electron chi connectivity index (χ4n) is 2.16. The van der Waals surface area contributed by atoms with Gasteiger partial charge in [-0.25, -0.2) is 4.79 Å². The van der Waals surface area contributed by atoms with Crippen LogP contribution in [0.1, 0.15) is 11.1 Å². The van der Waals surface area contributed by atoms with Gasteiger partial charge in [-0.05, 0) is 35.4 Å². The van der Waals surface area contributed by atoms with Crippen molar-refractivity contribution < 1.29 is 24.5 Å². The lowest BCUT2D eigenvalue weighted by Gasteiger charge is -2.11. The summed E-state index contributed by atoms with van der Waals surface area (Å²) in [5.41, 5.74) is 1.97. The molecule has 0 aliphatic heterocycles. The van der Waals surface area contributed by atoms with Crippen LogP contribution in [0, 0.1) is 0 Å². The molecule has 23 heavy (non-hydrogen) atoms. The maximum absolute atomic E-state index is 10.9. The van der Waals surface area contributed by atoms with Crippen LogP contribution in [0.2, 0.25) is 0 Å². The lowest BCUT2D eigenvalue weighted by Crippen LogP contribution is -2.24. The van der Waals surface area contributed by atoms with Crippen molar-refractivity contribution in [2.45, 2.75) is 18.9 Å². The first-order valence-electron chi connectivity index (χ1n) is 7.33. The highest BCUT2D eigenvalue weighted by Gasteiger charge is 2.16. The molecule has 2 rings (SSSR count). The number of rotatable bonds is 8. The van der Waals surface area contributed by atoms with Gasteiger partial charge in [0.25, 0.3) is 0 Å². The fourth-order valence-corrected chi connectivity index (χ4v) is 2.16. The molecule has 122 valence electrons. The predicted molar refractivity (Wildman–Crippen MR) is 85.9 cm³/mol. The summed E-state index contributed by atoms with van der Waals surface area (Å²) in [7, 11) is 1.39. The molecule has 0 aliphatic carbocycles. The van der Waals surface area contributed by atoms with E-state index in [1.807, 2.05) is 36.4 Å².